The van der Waals surface area contributed by atoms with E-state index in [0.717, 1.165) is 35.8 Å². The first-order valence-electron chi connectivity index (χ1n) is 6.31. The quantitative estimate of drug-likeness (QED) is 0.604. The van der Waals surface area contributed by atoms with Gasteiger partial charge in [-0.25, -0.2) is 0 Å². The summed E-state index contributed by atoms with van der Waals surface area (Å²) in [5, 5.41) is 7.69. The Morgan fingerprint density at radius 1 is 1.47 bits per heavy atom. The lowest BCUT2D eigenvalue weighted by atomic mass is 10.1. The minimum Gasteiger partial charge on any atom is -0.384 e. The van der Waals surface area contributed by atoms with Gasteiger partial charge < -0.3 is 10.6 Å². The number of rotatable bonds is 5. The highest BCUT2D eigenvalue weighted by Gasteiger charge is 2.25. The molecule has 0 heterocycles. The van der Waals surface area contributed by atoms with Gasteiger partial charge in [-0.05, 0) is 44.7 Å². The van der Waals surface area contributed by atoms with Crippen LogP contribution in [-0.2, 0) is 0 Å². The Balaban J connectivity index is 2.30. The van der Waals surface area contributed by atoms with E-state index in [1.165, 1.54) is 12.8 Å². The van der Waals surface area contributed by atoms with E-state index in [0.29, 0.717) is 0 Å². The van der Waals surface area contributed by atoms with Crippen LogP contribution in [-0.4, -0.2) is 18.9 Å². The number of hydrogen-bond donors (Lipinski definition) is 2. The predicted molar refractivity (Wildman–Crippen MR) is 72.8 cm³/mol. The van der Waals surface area contributed by atoms with E-state index in [-0.39, 0.29) is 5.84 Å². The van der Waals surface area contributed by atoms with Crippen LogP contribution in [0.5, 0.6) is 0 Å². The molecule has 0 atom stereocenters. The van der Waals surface area contributed by atoms with Crippen molar-refractivity contribution in [2.75, 3.05) is 18.0 Å². The summed E-state index contributed by atoms with van der Waals surface area (Å²) in [6, 6.07) is 6.20. The van der Waals surface area contributed by atoms with Crippen LogP contribution in [0.4, 0.5) is 5.69 Å². The summed E-state index contributed by atoms with van der Waals surface area (Å²) in [7, 11) is 0. The number of benzene rings is 1. The zero-order valence-corrected chi connectivity index (χ0v) is 10.7. The molecule has 3 N–H and O–H groups in total. The summed E-state index contributed by atoms with van der Waals surface area (Å²) in [6.45, 7) is 6.26. The topological polar surface area (TPSA) is 53.1 Å². The number of aryl methyl sites for hydroxylation is 1. The van der Waals surface area contributed by atoms with Gasteiger partial charge in [0.1, 0.15) is 5.84 Å². The number of nitrogens with zero attached hydrogens (tertiary/aromatic N) is 1. The number of nitrogens with two attached hydrogens (primary N) is 1. The molecule has 0 amide bonds. The van der Waals surface area contributed by atoms with Gasteiger partial charge in [0.05, 0.1) is 0 Å². The highest BCUT2D eigenvalue weighted by molar-refractivity contribution is 6.00. The van der Waals surface area contributed by atoms with Crippen molar-refractivity contribution in [1.29, 1.82) is 5.41 Å². The van der Waals surface area contributed by atoms with E-state index >= 15 is 0 Å². The van der Waals surface area contributed by atoms with Crippen molar-refractivity contribution >= 4 is 11.5 Å². The molecule has 1 aliphatic carbocycles. The summed E-state index contributed by atoms with van der Waals surface area (Å²) < 4.78 is 0. The van der Waals surface area contributed by atoms with E-state index < -0.39 is 0 Å². The number of nitrogens with one attached hydrogen (secondary N) is 1. The first-order chi connectivity index (χ1) is 8.11. The van der Waals surface area contributed by atoms with E-state index in [4.69, 9.17) is 11.1 Å². The fourth-order valence-electron chi connectivity index (χ4n) is 2.15. The van der Waals surface area contributed by atoms with Crippen LogP contribution in [0.25, 0.3) is 0 Å². The van der Waals surface area contributed by atoms with Crippen LogP contribution in [0.15, 0.2) is 18.2 Å². The van der Waals surface area contributed by atoms with Crippen molar-refractivity contribution in [3.63, 3.8) is 0 Å². The lowest BCUT2D eigenvalue weighted by Gasteiger charge is -2.25. The normalized spacial score (nSPS) is 14.7. The average molecular weight is 231 g/mol. The molecule has 1 aromatic rings. The molecule has 1 saturated carbocycles. The highest BCUT2D eigenvalue weighted by Crippen LogP contribution is 2.32. The maximum absolute atomic E-state index is 7.69. The molecule has 2 rings (SSSR count). The third kappa shape index (κ3) is 2.78. The first-order valence-corrected chi connectivity index (χ1v) is 6.31. The molecule has 1 fully saturated rings. The largest absolute Gasteiger partial charge is 0.384 e. The Bertz CT molecular complexity index is 421. The van der Waals surface area contributed by atoms with Crippen LogP contribution in [0, 0.1) is 18.3 Å². The van der Waals surface area contributed by atoms with Crippen molar-refractivity contribution in [1.82, 2.24) is 0 Å². The number of hydrogen-bond acceptors (Lipinski definition) is 2. The van der Waals surface area contributed by atoms with E-state index in [9.17, 15) is 0 Å². The minimum atomic E-state index is 0.165. The van der Waals surface area contributed by atoms with Crippen LogP contribution in [0.2, 0.25) is 0 Å². The average Bonchev–Trinajstić information content (AvgIpc) is 3.10. The number of amidine groups is 1. The van der Waals surface area contributed by atoms with Crippen LogP contribution < -0.4 is 10.6 Å². The van der Waals surface area contributed by atoms with Crippen molar-refractivity contribution in [2.45, 2.75) is 26.7 Å². The van der Waals surface area contributed by atoms with Gasteiger partial charge in [-0.15, -0.1) is 0 Å². The van der Waals surface area contributed by atoms with Gasteiger partial charge in [0.25, 0.3) is 0 Å². The SMILES string of the molecule is CCN(CC1CC1)c1ccc(C)cc1C(=N)N. The van der Waals surface area contributed by atoms with Crippen LogP contribution >= 0.6 is 0 Å². The molecule has 17 heavy (non-hydrogen) atoms. The van der Waals surface area contributed by atoms with Gasteiger partial charge in [0.15, 0.2) is 0 Å². The third-order valence-electron chi connectivity index (χ3n) is 3.34. The summed E-state index contributed by atoms with van der Waals surface area (Å²) in [4.78, 5) is 2.34. The molecule has 0 radical (unpaired) electrons. The molecule has 3 nitrogen and oxygen atoms in total. The molecule has 0 spiro atoms. The lowest BCUT2D eigenvalue weighted by molar-refractivity contribution is 0.741. The lowest BCUT2D eigenvalue weighted by Crippen LogP contribution is -2.28. The fraction of sp³-hybridized carbons (Fsp3) is 0.500. The van der Waals surface area contributed by atoms with Crippen molar-refractivity contribution in [3.05, 3.63) is 29.3 Å². The Morgan fingerprint density at radius 2 is 2.18 bits per heavy atom. The van der Waals surface area contributed by atoms with Gasteiger partial charge in [-0.3, -0.25) is 5.41 Å². The highest BCUT2D eigenvalue weighted by atomic mass is 15.1. The van der Waals surface area contributed by atoms with Gasteiger partial charge in [-0.1, -0.05) is 11.6 Å². The Labute approximate surface area is 103 Å². The van der Waals surface area contributed by atoms with Gasteiger partial charge in [0, 0.05) is 24.3 Å². The van der Waals surface area contributed by atoms with E-state index in [1.807, 2.05) is 13.0 Å². The molecule has 0 unspecified atom stereocenters. The van der Waals surface area contributed by atoms with Gasteiger partial charge in [-0.2, -0.15) is 0 Å². The smallest absolute Gasteiger partial charge is 0.124 e. The number of nitrogen functional groups attached to an aromatic ring is 1. The Morgan fingerprint density at radius 3 is 2.71 bits per heavy atom. The Kier molecular flexibility index (Phi) is 3.36. The van der Waals surface area contributed by atoms with E-state index in [1.54, 1.807) is 0 Å². The summed E-state index contributed by atoms with van der Waals surface area (Å²) >= 11 is 0. The molecular weight excluding hydrogens is 210 g/mol. The van der Waals surface area contributed by atoms with Crippen LogP contribution in [0.3, 0.4) is 0 Å². The molecule has 1 aromatic carbocycles. The second-order valence-electron chi connectivity index (χ2n) is 4.92. The van der Waals surface area contributed by atoms with Gasteiger partial charge >= 0.3 is 0 Å². The fourth-order valence-corrected chi connectivity index (χ4v) is 2.15. The monoisotopic (exact) mass is 231 g/mol. The molecule has 0 saturated heterocycles. The minimum absolute atomic E-state index is 0.165. The van der Waals surface area contributed by atoms with Crippen LogP contribution in [0.1, 0.15) is 30.9 Å². The van der Waals surface area contributed by atoms with E-state index in [2.05, 4.69) is 24.0 Å². The summed E-state index contributed by atoms with van der Waals surface area (Å²) in [6.07, 6.45) is 2.69. The molecular formula is C14H21N3. The molecule has 1 aliphatic rings. The molecule has 92 valence electrons. The second kappa shape index (κ2) is 4.78. The van der Waals surface area contributed by atoms with Crippen molar-refractivity contribution < 1.29 is 0 Å². The zero-order chi connectivity index (χ0) is 12.4. The standard InChI is InChI=1S/C14H21N3/c1-3-17(9-11-5-6-11)13-7-4-10(2)8-12(13)14(15)16/h4,7-8,11H,3,5-6,9H2,1-2H3,(H3,15,16). The molecule has 0 aliphatic heterocycles. The molecule has 3 heteroatoms. The molecule has 0 bridgehead atoms. The van der Waals surface area contributed by atoms with Crippen molar-refractivity contribution in [3.8, 4) is 0 Å². The zero-order valence-electron chi connectivity index (χ0n) is 10.7. The first kappa shape index (κ1) is 12.0. The third-order valence-corrected chi connectivity index (χ3v) is 3.34. The maximum atomic E-state index is 7.69. The summed E-state index contributed by atoms with van der Waals surface area (Å²) in [5.41, 5.74) is 8.81. The Hall–Kier alpha value is -1.51. The maximum Gasteiger partial charge on any atom is 0.124 e. The second-order valence-corrected chi connectivity index (χ2v) is 4.92. The summed E-state index contributed by atoms with van der Waals surface area (Å²) in [5.74, 6) is 1.01. The molecule has 0 aromatic heterocycles. The predicted octanol–water partition coefficient (Wildman–Crippen LogP) is 2.52. The van der Waals surface area contributed by atoms with Crippen molar-refractivity contribution in [2.24, 2.45) is 11.7 Å². The van der Waals surface area contributed by atoms with Gasteiger partial charge in [0.2, 0.25) is 0 Å². The number of anilines is 1.